The van der Waals surface area contributed by atoms with Crippen molar-refractivity contribution in [3.05, 3.63) is 65.5 Å². The van der Waals surface area contributed by atoms with Crippen molar-refractivity contribution in [2.24, 2.45) is 4.99 Å². The van der Waals surface area contributed by atoms with Crippen LogP contribution in [0.4, 0.5) is 0 Å². The van der Waals surface area contributed by atoms with Crippen molar-refractivity contribution in [1.29, 1.82) is 0 Å². The first-order chi connectivity index (χ1) is 11.3. The lowest BCUT2D eigenvalue weighted by Crippen LogP contribution is -2.38. The van der Waals surface area contributed by atoms with Crippen LogP contribution >= 0.6 is 24.0 Å². The van der Waals surface area contributed by atoms with Crippen LogP contribution in [0.25, 0.3) is 0 Å². The Bertz CT molecular complexity index is 597. The summed E-state index contributed by atoms with van der Waals surface area (Å²) in [5, 5.41) is 6.67. The van der Waals surface area contributed by atoms with Crippen molar-refractivity contribution in [2.45, 2.75) is 26.7 Å². The highest BCUT2D eigenvalue weighted by Crippen LogP contribution is 2.03. The highest BCUT2D eigenvalue weighted by Gasteiger charge is 1.98. The number of rotatable bonds is 7. The quantitative estimate of drug-likeness (QED) is 0.396. The van der Waals surface area contributed by atoms with Crippen molar-refractivity contribution in [1.82, 2.24) is 15.6 Å². The van der Waals surface area contributed by atoms with E-state index in [1.54, 1.807) is 0 Å². The summed E-state index contributed by atoms with van der Waals surface area (Å²) in [4.78, 5) is 8.93. The molecule has 0 aliphatic carbocycles. The second-order valence-electron chi connectivity index (χ2n) is 5.49. The average Bonchev–Trinajstić information content (AvgIpc) is 2.58. The van der Waals surface area contributed by atoms with Crippen LogP contribution in [0, 0.1) is 6.92 Å². The summed E-state index contributed by atoms with van der Waals surface area (Å²) < 4.78 is 0. The van der Waals surface area contributed by atoms with Gasteiger partial charge in [-0.2, -0.15) is 0 Å². The molecule has 0 saturated carbocycles. The minimum Gasteiger partial charge on any atom is -0.357 e. The first kappa shape index (κ1) is 20.4. The Balaban J connectivity index is 0.00000288. The number of nitrogens with zero attached hydrogens (tertiary/aromatic N) is 2. The maximum absolute atomic E-state index is 4.61. The van der Waals surface area contributed by atoms with E-state index in [-0.39, 0.29) is 24.0 Å². The summed E-state index contributed by atoms with van der Waals surface area (Å²) in [6.07, 6.45) is 3.67. The van der Waals surface area contributed by atoms with Gasteiger partial charge in [-0.05, 0) is 38.0 Å². The molecule has 0 aliphatic rings. The summed E-state index contributed by atoms with van der Waals surface area (Å²) in [5.41, 5.74) is 3.71. The number of nitrogens with one attached hydrogen (secondary N) is 2. The molecule has 0 spiro atoms. The molecular weight excluding hydrogens is 411 g/mol. The molecule has 1 aromatic heterocycles. The molecule has 0 amide bonds. The number of benzene rings is 1. The van der Waals surface area contributed by atoms with Crippen molar-refractivity contribution in [3.63, 3.8) is 0 Å². The van der Waals surface area contributed by atoms with Crippen LogP contribution in [0.1, 0.15) is 23.7 Å². The van der Waals surface area contributed by atoms with Gasteiger partial charge in [-0.3, -0.25) is 9.98 Å². The Hall–Kier alpha value is -1.63. The molecular formula is C19H27IN4. The molecule has 0 fully saturated rings. The van der Waals surface area contributed by atoms with Gasteiger partial charge in [0.05, 0.1) is 0 Å². The van der Waals surface area contributed by atoms with Gasteiger partial charge in [-0.15, -0.1) is 24.0 Å². The van der Waals surface area contributed by atoms with Gasteiger partial charge in [-0.1, -0.05) is 35.9 Å². The fourth-order valence-electron chi connectivity index (χ4n) is 2.25. The Morgan fingerprint density at radius 1 is 1.04 bits per heavy atom. The van der Waals surface area contributed by atoms with E-state index in [1.807, 2.05) is 24.4 Å². The number of hydrogen-bond donors (Lipinski definition) is 2. The van der Waals surface area contributed by atoms with Gasteiger partial charge in [0.1, 0.15) is 0 Å². The van der Waals surface area contributed by atoms with E-state index >= 15 is 0 Å². The third-order valence-corrected chi connectivity index (χ3v) is 3.53. The molecule has 2 N–H and O–H groups in total. The second-order valence-corrected chi connectivity index (χ2v) is 5.49. The number of aryl methyl sites for hydroxylation is 1. The van der Waals surface area contributed by atoms with Gasteiger partial charge < -0.3 is 10.6 Å². The van der Waals surface area contributed by atoms with Crippen molar-refractivity contribution >= 4 is 29.9 Å². The van der Waals surface area contributed by atoms with Crippen LogP contribution < -0.4 is 10.6 Å². The minimum atomic E-state index is 0. The van der Waals surface area contributed by atoms with Gasteiger partial charge in [0.15, 0.2) is 5.96 Å². The summed E-state index contributed by atoms with van der Waals surface area (Å²) in [7, 11) is 0. The van der Waals surface area contributed by atoms with Gasteiger partial charge in [0, 0.05) is 37.9 Å². The SMILES string of the molecule is CCNC(=NCCc1ccccn1)NCCc1ccc(C)cc1.I. The average molecular weight is 438 g/mol. The molecule has 1 heterocycles. The minimum absolute atomic E-state index is 0. The maximum atomic E-state index is 4.61. The smallest absolute Gasteiger partial charge is 0.191 e. The number of pyridine rings is 1. The van der Waals surface area contributed by atoms with Crippen molar-refractivity contribution in [3.8, 4) is 0 Å². The summed E-state index contributed by atoms with van der Waals surface area (Å²) in [6, 6.07) is 14.7. The second kappa shape index (κ2) is 11.8. The first-order valence-electron chi connectivity index (χ1n) is 8.25. The fraction of sp³-hybridized carbons (Fsp3) is 0.368. The largest absolute Gasteiger partial charge is 0.357 e. The molecule has 130 valence electrons. The lowest BCUT2D eigenvalue weighted by molar-refractivity contribution is 0.794. The van der Waals surface area contributed by atoms with Crippen molar-refractivity contribution < 1.29 is 0 Å². The normalized spacial score (nSPS) is 10.8. The maximum Gasteiger partial charge on any atom is 0.191 e. The molecule has 4 nitrogen and oxygen atoms in total. The van der Waals surface area contributed by atoms with Crippen LogP contribution in [0.5, 0.6) is 0 Å². The summed E-state index contributed by atoms with van der Waals surface area (Å²) in [5.74, 6) is 0.871. The van der Waals surface area contributed by atoms with E-state index < -0.39 is 0 Å². The number of aromatic nitrogens is 1. The van der Waals surface area contributed by atoms with E-state index in [0.717, 1.165) is 44.1 Å². The lowest BCUT2D eigenvalue weighted by atomic mass is 10.1. The van der Waals surface area contributed by atoms with Crippen LogP contribution in [0.3, 0.4) is 0 Å². The van der Waals surface area contributed by atoms with Crippen molar-refractivity contribution in [2.75, 3.05) is 19.6 Å². The molecule has 5 heteroatoms. The molecule has 0 unspecified atom stereocenters. The molecule has 2 aromatic rings. The zero-order valence-corrected chi connectivity index (χ0v) is 16.8. The third kappa shape index (κ3) is 7.77. The fourth-order valence-corrected chi connectivity index (χ4v) is 2.25. The Labute approximate surface area is 162 Å². The first-order valence-corrected chi connectivity index (χ1v) is 8.25. The highest BCUT2D eigenvalue weighted by molar-refractivity contribution is 14.0. The monoisotopic (exact) mass is 438 g/mol. The predicted octanol–water partition coefficient (Wildman–Crippen LogP) is 3.35. The Morgan fingerprint density at radius 2 is 1.83 bits per heavy atom. The summed E-state index contributed by atoms with van der Waals surface area (Å²) in [6.45, 7) is 6.66. The molecule has 0 bridgehead atoms. The number of aliphatic imine (C=N–C) groups is 1. The predicted molar refractivity (Wildman–Crippen MR) is 112 cm³/mol. The third-order valence-electron chi connectivity index (χ3n) is 3.53. The molecule has 0 radical (unpaired) electrons. The van der Waals surface area contributed by atoms with E-state index in [2.05, 4.69) is 58.7 Å². The molecule has 0 aliphatic heterocycles. The summed E-state index contributed by atoms with van der Waals surface area (Å²) >= 11 is 0. The Morgan fingerprint density at radius 3 is 2.50 bits per heavy atom. The van der Waals surface area contributed by atoms with Crippen LogP contribution in [0.15, 0.2) is 53.7 Å². The highest BCUT2D eigenvalue weighted by atomic mass is 127. The van der Waals surface area contributed by atoms with E-state index in [1.165, 1.54) is 11.1 Å². The van der Waals surface area contributed by atoms with Crippen LogP contribution in [-0.2, 0) is 12.8 Å². The topological polar surface area (TPSA) is 49.3 Å². The van der Waals surface area contributed by atoms with E-state index in [9.17, 15) is 0 Å². The van der Waals surface area contributed by atoms with E-state index in [4.69, 9.17) is 0 Å². The molecule has 24 heavy (non-hydrogen) atoms. The van der Waals surface area contributed by atoms with Gasteiger partial charge >= 0.3 is 0 Å². The molecule has 1 aromatic carbocycles. The number of guanidine groups is 1. The number of hydrogen-bond acceptors (Lipinski definition) is 2. The van der Waals surface area contributed by atoms with Gasteiger partial charge in [0.2, 0.25) is 0 Å². The Kier molecular flexibility index (Phi) is 10.1. The van der Waals surface area contributed by atoms with E-state index in [0.29, 0.717) is 0 Å². The van der Waals surface area contributed by atoms with Crippen LogP contribution in [-0.4, -0.2) is 30.6 Å². The zero-order valence-electron chi connectivity index (χ0n) is 14.5. The molecule has 0 atom stereocenters. The standard InChI is InChI=1S/C19H26N4.HI/c1-3-20-19(23-15-12-18-6-4-5-13-21-18)22-14-11-17-9-7-16(2)8-10-17;/h4-10,13H,3,11-12,14-15H2,1-2H3,(H2,20,22,23);1H. The van der Waals surface area contributed by atoms with Crippen LogP contribution in [0.2, 0.25) is 0 Å². The van der Waals surface area contributed by atoms with Gasteiger partial charge in [-0.25, -0.2) is 0 Å². The molecule has 0 saturated heterocycles. The molecule has 2 rings (SSSR count). The van der Waals surface area contributed by atoms with Gasteiger partial charge in [0.25, 0.3) is 0 Å². The lowest BCUT2D eigenvalue weighted by Gasteiger charge is -2.11. The zero-order chi connectivity index (χ0) is 16.3. The number of halogens is 1.